The summed E-state index contributed by atoms with van der Waals surface area (Å²) in [5.41, 5.74) is 17.1. The van der Waals surface area contributed by atoms with Crippen LogP contribution in [0.3, 0.4) is 0 Å². The molecule has 2 aromatic heterocycles. The summed E-state index contributed by atoms with van der Waals surface area (Å²) in [7, 11) is 0. The molecule has 4 heterocycles. The Hall–Kier alpha value is -3.14. The van der Waals surface area contributed by atoms with E-state index in [1.54, 1.807) is 16.8 Å². The third kappa shape index (κ3) is 7.02. The number of hydrazone groups is 1. The number of carboxylic acids is 1. The van der Waals surface area contributed by atoms with E-state index in [9.17, 15) is 24.4 Å². The van der Waals surface area contributed by atoms with Gasteiger partial charge in [-0.25, -0.2) is 9.78 Å². The van der Waals surface area contributed by atoms with Crippen LogP contribution < -0.4 is 22.5 Å². The van der Waals surface area contributed by atoms with E-state index < -0.39 is 35.2 Å². The highest BCUT2D eigenvalue weighted by molar-refractivity contribution is 8.07. The van der Waals surface area contributed by atoms with Crippen LogP contribution in [0.2, 0.25) is 0 Å². The number of nitrogens with two attached hydrogens (primary N) is 3. The number of carbonyl (C=O) groups excluding carboxylic acids is 2. The van der Waals surface area contributed by atoms with Crippen molar-refractivity contribution >= 4 is 87.0 Å². The first-order chi connectivity index (χ1) is 19.6. The lowest BCUT2D eigenvalue weighted by Crippen LogP contribution is -2.70. The molecule has 0 aromatic carbocycles. The summed E-state index contributed by atoms with van der Waals surface area (Å²) in [6, 6.07) is -2.50. The molecule has 2 amide bonds. The first kappa shape index (κ1) is 30.8. The number of nitrogens with zero attached hydrogens (tertiary/aromatic N) is 7. The maximum atomic E-state index is 13.0. The highest BCUT2D eigenvalue weighted by Gasteiger charge is 2.55. The lowest BCUT2D eigenvalue weighted by molar-refractivity contribution is -0.150. The molecule has 8 N–H and O–H groups in total. The fourth-order valence-electron chi connectivity index (χ4n) is 3.82. The third-order valence-corrected chi connectivity index (χ3v) is 10.8. The summed E-state index contributed by atoms with van der Waals surface area (Å²) in [4.78, 5) is 54.9. The Bertz CT molecular complexity index is 1380. The van der Waals surface area contributed by atoms with Gasteiger partial charge in [0.05, 0.1) is 11.4 Å². The molecule has 0 aliphatic carbocycles. The molecule has 0 spiro atoms. The zero-order valence-electron chi connectivity index (χ0n) is 21.3. The molecule has 0 saturated carbocycles. The van der Waals surface area contributed by atoms with E-state index in [-0.39, 0.29) is 28.2 Å². The van der Waals surface area contributed by atoms with Gasteiger partial charge in [-0.1, -0.05) is 16.3 Å². The number of hydrogen-bond acceptors (Lipinski definition) is 16. The number of carbonyl (C=O) groups is 3. The van der Waals surface area contributed by atoms with E-state index in [2.05, 4.69) is 30.2 Å². The average molecular weight is 660 g/mol. The van der Waals surface area contributed by atoms with Gasteiger partial charge >= 0.3 is 5.97 Å². The summed E-state index contributed by atoms with van der Waals surface area (Å²) in [5.74, 6) is -1.16. The maximum absolute atomic E-state index is 13.0. The van der Waals surface area contributed by atoms with E-state index in [0.717, 1.165) is 37.7 Å². The topological polar surface area (TPSA) is 248 Å². The zero-order chi connectivity index (χ0) is 29.7. The van der Waals surface area contributed by atoms with Crippen molar-refractivity contribution in [1.82, 2.24) is 29.8 Å². The van der Waals surface area contributed by atoms with Crippen LogP contribution in [-0.2, 0) is 20.1 Å². The van der Waals surface area contributed by atoms with Crippen molar-refractivity contribution in [3.63, 3.8) is 0 Å². The van der Waals surface area contributed by atoms with E-state index in [1.165, 1.54) is 28.9 Å². The third-order valence-electron chi connectivity index (χ3n) is 5.70. The van der Waals surface area contributed by atoms with Crippen LogP contribution in [0.1, 0.15) is 24.4 Å². The lowest BCUT2D eigenvalue weighted by Gasteiger charge is -2.49. The van der Waals surface area contributed by atoms with Gasteiger partial charge in [0.1, 0.15) is 21.3 Å². The Kier molecular flexibility index (Phi) is 10.3. The average Bonchev–Trinajstić information content (AvgIpc) is 3.57. The number of β-lactam (4-membered cyclic amide) rings is 1. The van der Waals surface area contributed by atoms with Crippen molar-refractivity contribution in [2.75, 3.05) is 30.3 Å². The number of guanidine groups is 1. The first-order valence-electron chi connectivity index (χ1n) is 11.8. The van der Waals surface area contributed by atoms with Crippen LogP contribution in [0.5, 0.6) is 0 Å². The summed E-state index contributed by atoms with van der Waals surface area (Å²) < 4.78 is 4.75. The number of nitrogens with one attached hydrogen (secondary N) is 1. The normalized spacial score (nSPS) is 18.8. The van der Waals surface area contributed by atoms with Gasteiger partial charge in [-0.3, -0.25) is 19.5 Å². The SMILES string of the molecule is CCN(CCSCc1nnsc1SC1=C(C(=O)O)N2C(=O)[C@@H](NC(=O)C(N=O)c3csc(N)n3)[C@@H]2SC1)N=C(N)N. The number of rotatable bonds is 14. The number of thiazole rings is 1. The number of aliphatic carboxylic acids is 1. The fraction of sp³-hybridized carbons (Fsp3) is 0.450. The molecule has 1 saturated heterocycles. The summed E-state index contributed by atoms with van der Waals surface area (Å²) in [5, 5.41) is 26.3. The zero-order valence-corrected chi connectivity index (χ0v) is 25.4. The van der Waals surface area contributed by atoms with Crippen LogP contribution in [0, 0.1) is 4.91 Å². The van der Waals surface area contributed by atoms with Crippen molar-refractivity contribution in [3.05, 3.63) is 32.3 Å². The second kappa shape index (κ2) is 13.7. The van der Waals surface area contributed by atoms with Gasteiger partial charge in [-0.05, 0) is 23.6 Å². The molecule has 4 rings (SSSR count). The predicted octanol–water partition coefficient (Wildman–Crippen LogP) is 0.616. The van der Waals surface area contributed by atoms with Crippen LogP contribution in [-0.4, -0.2) is 89.3 Å². The Labute approximate surface area is 254 Å². The van der Waals surface area contributed by atoms with Crippen LogP contribution in [0.15, 0.2) is 30.5 Å². The maximum Gasteiger partial charge on any atom is 0.353 e. The Morgan fingerprint density at radius 3 is 2.80 bits per heavy atom. The van der Waals surface area contributed by atoms with Crippen LogP contribution in [0.4, 0.5) is 5.13 Å². The minimum atomic E-state index is -1.48. The molecule has 3 atom stereocenters. The quantitative estimate of drug-likeness (QED) is 0.0465. The second-order valence-corrected chi connectivity index (χ2v) is 13.5. The largest absolute Gasteiger partial charge is 0.477 e. The van der Waals surface area contributed by atoms with Gasteiger partial charge < -0.3 is 27.6 Å². The number of fused-ring (bicyclic) bond motifs is 1. The van der Waals surface area contributed by atoms with Gasteiger partial charge in [-0.15, -0.1) is 38.2 Å². The van der Waals surface area contributed by atoms with E-state index in [1.807, 2.05) is 6.92 Å². The minimum Gasteiger partial charge on any atom is -0.477 e. The molecule has 2 aliphatic rings. The Morgan fingerprint density at radius 1 is 1.39 bits per heavy atom. The van der Waals surface area contributed by atoms with Crippen molar-refractivity contribution in [2.24, 2.45) is 21.7 Å². The summed E-state index contributed by atoms with van der Waals surface area (Å²) in [6.07, 6.45) is 0. The number of anilines is 1. The molecule has 2 aliphatic heterocycles. The number of amides is 2. The molecule has 0 radical (unpaired) electrons. The fourth-order valence-corrected chi connectivity index (χ4v) is 8.82. The van der Waals surface area contributed by atoms with E-state index in [4.69, 9.17) is 17.2 Å². The van der Waals surface area contributed by atoms with Gasteiger partial charge in [0.2, 0.25) is 12.0 Å². The van der Waals surface area contributed by atoms with Gasteiger partial charge in [-0.2, -0.15) is 11.8 Å². The van der Waals surface area contributed by atoms with Crippen molar-refractivity contribution in [1.29, 1.82) is 0 Å². The smallest absolute Gasteiger partial charge is 0.353 e. The Morgan fingerprint density at radius 2 is 2.17 bits per heavy atom. The number of aromatic nitrogens is 3. The lowest BCUT2D eigenvalue weighted by atomic mass is 10.0. The molecule has 2 aromatic rings. The molecule has 0 bridgehead atoms. The number of nitrogen functional groups attached to an aromatic ring is 1. The van der Waals surface area contributed by atoms with Crippen molar-refractivity contribution in [3.8, 4) is 0 Å². The molecule has 21 heteroatoms. The molecular formula is C20H25N11O5S5. The number of thioether (sulfide) groups is 3. The standard InChI is InChI=1S/C20H25N11O5S5/c1-2-30(27-19(21)22)3-4-37-5-9-18(41-29-26-9)40-10-7-38-16-12(15(33)31(16)13(10)17(34)35)25-14(32)11(28-36)8-6-39-20(23)24-8/h6,11-12,16H,2-5,7H2,1H3,(H2,23,24)(H,25,32)(H,34,35)(H4,21,22,27)/t11?,12-,16+/m1/s1. The van der Waals surface area contributed by atoms with Crippen molar-refractivity contribution < 1.29 is 19.5 Å². The minimum absolute atomic E-state index is 0.00728. The molecule has 1 fully saturated rings. The number of carboxylic acid groups (broad SMARTS) is 1. The van der Waals surface area contributed by atoms with E-state index in [0.29, 0.717) is 29.4 Å². The van der Waals surface area contributed by atoms with Crippen LogP contribution >= 0.6 is 58.2 Å². The Balaban J connectivity index is 1.40. The van der Waals surface area contributed by atoms with Crippen molar-refractivity contribution in [2.45, 2.75) is 34.3 Å². The monoisotopic (exact) mass is 659 g/mol. The highest BCUT2D eigenvalue weighted by Crippen LogP contribution is 2.46. The molecule has 16 nitrogen and oxygen atoms in total. The summed E-state index contributed by atoms with van der Waals surface area (Å²) in [6.45, 7) is 3.22. The van der Waals surface area contributed by atoms with Gasteiger partial charge in [0.25, 0.3) is 11.8 Å². The number of hydrogen-bond donors (Lipinski definition) is 5. The molecule has 41 heavy (non-hydrogen) atoms. The second-order valence-electron chi connectivity index (χ2n) is 8.32. The van der Waals surface area contributed by atoms with Gasteiger partial charge in [0.15, 0.2) is 5.13 Å². The van der Waals surface area contributed by atoms with Gasteiger partial charge in [0, 0.05) is 40.6 Å². The molecule has 220 valence electrons. The molecular weight excluding hydrogens is 635 g/mol. The number of nitroso groups, excluding NO2 is 1. The highest BCUT2D eigenvalue weighted by atomic mass is 32.2. The molecule has 1 unspecified atom stereocenters. The van der Waals surface area contributed by atoms with Crippen LogP contribution in [0.25, 0.3) is 0 Å². The van der Waals surface area contributed by atoms with E-state index >= 15 is 0 Å². The predicted molar refractivity (Wildman–Crippen MR) is 160 cm³/mol. The first-order valence-corrected chi connectivity index (χ1v) is 16.5. The summed E-state index contributed by atoms with van der Waals surface area (Å²) >= 11 is 6.31.